The van der Waals surface area contributed by atoms with Crippen LogP contribution in [-0.2, 0) is 0 Å². The van der Waals surface area contributed by atoms with Crippen LogP contribution in [0.1, 0.15) is 16.1 Å². The van der Waals surface area contributed by atoms with E-state index in [-0.39, 0.29) is 5.91 Å². The van der Waals surface area contributed by atoms with Crippen LogP contribution in [0.4, 0.5) is 0 Å². The second kappa shape index (κ2) is 6.94. The van der Waals surface area contributed by atoms with E-state index in [1.54, 1.807) is 42.5 Å². The second-order valence-corrected chi connectivity index (χ2v) is 3.84. The van der Waals surface area contributed by atoms with Gasteiger partial charge in [-0.3, -0.25) is 4.79 Å². The van der Waals surface area contributed by atoms with E-state index < -0.39 is 0 Å². The average molecular weight is 270 g/mol. The monoisotopic (exact) mass is 270 g/mol. The molecule has 20 heavy (non-hydrogen) atoms. The van der Waals surface area contributed by atoms with Crippen molar-refractivity contribution in [3.63, 3.8) is 0 Å². The number of furan rings is 1. The van der Waals surface area contributed by atoms with Gasteiger partial charge in [0.05, 0.1) is 12.5 Å². The molecule has 1 aromatic heterocycles. The van der Waals surface area contributed by atoms with Gasteiger partial charge in [-0.2, -0.15) is 5.10 Å². The zero-order chi connectivity index (χ0) is 14.2. The summed E-state index contributed by atoms with van der Waals surface area (Å²) in [5.74, 6) is 0.946. The van der Waals surface area contributed by atoms with Gasteiger partial charge < -0.3 is 9.15 Å². The highest BCUT2D eigenvalue weighted by molar-refractivity contribution is 5.94. The molecule has 2 rings (SSSR count). The van der Waals surface area contributed by atoms with Gasteiger partial charge in [-0.1, -0.05) is 12.7 Å². The van der Waals surface area contributed by atoms with Gasteiger partial charge in [-0.15, -0.1) is 0 Å². The molecule has 0 radical (unpaired) electrons. The summed E-state index contributed by atoms with van der Waals surface area (Å²) in [5, 5.41) is 3.80. The highest BCUT2D eigenvalue weighted by Crippen LogP contribution is 2.12. The summed E-state index contributed by atoms with van der Waals surface area (Å²) >= 11 is 0. The quantitative estimate of drug-likeness (QED) is 0.498. The summed E-state index contributed by atoms with van der Waals surface area (Å²) in [4.78, 5) is 11.8. The van der Waals surface area contributed by atoms with Gasteiger partial charge in [0.15, 0.2) is 0 Å². The first-order valence-electron chi connectivity index (χ1n) is 6.00. The molecule has 0 aliphatic carbocycles. The van der Waals surface area contributed by atoms with E-state index in [0.717, 1.165) is 0 Å². The minimum absolute atomic E-state index is 0.303. The van der Waals surface area contributed by atoms with Crippen LogP contribution in [-0.4, -0.2) is 18.7 Å². The Morgan fingerprint density at radius 1 is 1.35 bits per heavy atom. The molecule has 1 aromatic carbocycles. The largest absolute Gasteiger partial charge is 0.490 e. The maximum atomic E-state index is 11.8. The number of hydrogen-bond acceptors (Lipinski definition) is 4. The van der Waals surface area contributed by atoms with Crippen molar-refractivity contribution in [2.24, 2.45) is 5.10 Å². The first-order valence-corrected chi connectivity index (χ1v) is 6.00. The predicted molar refractivity (Wildman–Crippen MR) is 75.9 cm³/mol. The van der Waals surface area contributed by atoms with Gasteiger partial charge in [-0.05, 0) is 36.4 Å². The Balaban J connectivity index is 1.90. The van der Waals surface area contributed by atoms with Gasteiger partial charge >= 0.3 is 0 Å². The number of amides is 1. The Bertz CT molecular complexity index is 586. The topological polar surface area (TPSA) is 63.8 Å². The third-order valence-corrected chi connectivity index (χ3v) is 2.39. The van der Waals surface area contributed by atoms with E-state index in [0.29, 0.717) is 23.7 Å². The fourth-order valence-electron chi connectivity index (χ4n) is 1.44. The van der Waals surface area contributed by atoms with E-state index in [9.17, 15) is 4.79 Å². The summed E-state index contributed by atoms with van der Waals surface area (Å²) in [6.45, 7) is 3.99. The lowest BCUT2D eigenvalue weighted by Crippen LogP contribution is -2.17. The summed E-state index contributed by atoms with van der Waals surface area (Å²) in [7, 11) is 0. The fourth-order valence-corrected chi connectivity index (χ4v) is 1.44. The van der Waals surface area contributed by atoms with Crippen LogP contribution in [0.3, 0.4) is 0 Å². The Morgan fingerprint density at radius 3 is 2.80 bits per heavy atom. The molecule has 0 fully saturated rings. The molecular formula is C15H14N2O3. The van der Waals surface area contributed by atoms with Gasteiger partial charge in [0.1, 0.15) is 18.1 Å². The highest BCUT2D eigenvalue weighted by atomic mass is 16.5. The molecule has 102 valence electrons. The second-order valence-electron chi connectivity index (χ2n) is 3.84. The van der Waals surface area contributed by atoms with E-state index >= 15 is 0 Å². The number of benzene rings is 1. The van der Waals surface area contributed by atoms with Crippen molar-refractivity contribution >= 4 is 12.1 Å². The molecule has 1 amide bonds. The van der Waals surface area contributed by atoms with E-state index in [2.05, 4.69) is 17.1 Å². The van der Waals surface area contributed by atoms with Crippen molar-refractivity contribution in [2.45, 2.75) is 0 Å². The fraction of sp³-hybridized carbons (Fsp3) is 0.0667. The summed E-state index contributed by atoms with van der Waals surface area (Å²) < 4.78 is 10.4. The molecule has 0 saturated heterocycles. The standard InChI is InChI=1S/C15H14N2O3/c1-2-9-19-13-7-5-12(6-8-13)15(18)17-16-11-14-4-3-10-20-14/h2-8,10-11H,1,9H2,(H,17,18). The summed E-state index contributed by atoms with van der Waals surface area (Å²) in [6, 6.07) is 10.2. The molecular weight excluding hydrogens is 256 g/mol. The minimum Gasteiger partial charge on any atom is -0.490 e. The first-order chi connectivity index (χ1) is 9.79. The number of rotatable bonds is 6. The van der Waals surface area contributed by atoms with Gasteiger partial charge in [0.25, 0.3) is 5.91 Å². The van der Waals surface area contributed by atoms with Crippen molar-refractivity contribution in [1.29, 1.82) is 0 Å². The van der Waals surface area contributed by atoms with Crippen LogP contribution in [0.5, 0.6) is 5.75 Å². The molecule has 0 aliphatic rings. The number of carbonyl (C=O) groups excluding carboxylic acids is 1. The Kier molecular flexibility index (Phi) is 4.72. The predicted octanol–water partition coefficient (Wildman–Crippen LogP) is 2.61. The molecule has 0 aliphatic heterocycles. The van der Waals surface area contributed by atoms with Crippen LogP contribution in [0, 0.1) is 0 Å². The lowest BCUT2D eigenvalue weighted by atomic mass is 10.2. The van der Waals surface area contributed by atoms with Crippen LogP contribution in [0.2, 0.25) is 0 Å². The Hall–Kier alpha value is -2.82. The molecule has 0 saturated carbocycles. The van der Waals surface area contributed by atoms with E-state index in [4.69, 9.17) is 9.15 Å². The van der Waals surface area contributed by atoms with Crippen molar-refractivity contribution in [3.8, 4) is 5.75 Å². The normalized spacial score (nSPS) is 10.4. The number of carbonyl (C=O) groups is 1. The molecule has 0 bridgehead atoms. The lowest BCUT2D eigenvalue weighted by molar-refractivity contribution is 0.0955. The Morgan fingerprint density at radius 2 is 2.15 bits per heavy atom. The van der Waals surface area contributed by atoms with Crippen LogP contribution in [0.25, 0.3) is 0 Å². The first kappa shape index (κ1) is 13.6. The zero-order valence-corrected chi connectivity index (χ0v) is 10.8. The van der Waals surface area contributed by atoms with Gasteiger partial charge in [-0.25, -0.2) is 5.43 Å². The van der Waals surface area contributed by atoms with Crippen LogP contribution >= 0.6 is 0 Å². The molecule has 1 N–H and O–H groups in total. The molecule has 5 nitrogen and oxygen atoms in total. The smallest absolute Gasteiger partial charge is 0.271 e. The molecule has 0 spiro atoms. The number of nitrogens with zero attached hydrogens (tertiary/aromatic N) is 1. The third kappa shape index (κ3) is 3.84. The molecule has 1 heterocycles. The number of hydrazone groups is 1. The SMILES string of the molecule is C=CCOc1ccc(C(=O)NN=Cc2ccco2)cc1. The van der Waals surface area contributed by atoms with Gasteiger partial charge in [0.2, 0.25) is 0 Å². The van der Waals surface area contributed by atoms with Crippen molar-refractivity contribution in [2.75, 3.05) is 6.61 Å². The van der Waals surface area contributed by atoms with E-state index in [1.807, 2.05) is 0 Å². The highest BCUT2D eigenvalue weighted by Gasteiger charge is 2.04. The third-order valence-electron chi connectivity index (χ3n) is 2.39. The summed E-state index contributed by atoms with van der Waals surface area (Å²) in [6.07, 6.45) is 4.62. The number of ether oxygens (including phenoxy) is 1. The maximum absolute atomic E-state index is 11.8. The van der Waals surface area contributed by atoms with Crippen molar-refractivity contribution in [3.05, 3.63) is 66.6 Å². The Labute approximate surface area is 116 Å². The van der Waals surface area contributed by atoms with Crippen LogP contribution in [0.15, 0.2) is 64.8 Å². The maximum Gasteiger partial charge on any atom is 0.271 e. The van der Waals surface area contributed by atoms with Gasteiger partial charge in [0, 0.05) is 5.56 Å². The lowest BCUT2D eigenvalue weighted by Gasteiger charge is -2.04. The van der Waals surface area contributed by atoms with Crippen LogP contribution < -0.4 is 10.2 Å². The molecule has 2 aromatic rings. The number of nitrogens with one attached hydrogen (secondary N) is 1. The summed E-state index contributed by atoms with van der Waals surface area (Å²) in [5.41, 5.74) is 2.91. The zero-order valence-electron chi connectivity index (χ0n) is 10.8. The van der Waals surface area contributed by atoms with Crippen molar-refractivity contribution in [1.82, 2.24) is 5.43 Å². The van der Waals surface area contributed by atoms with Crippen molar-refractivity contribution < 1.29 is 13.9 Å². The average Bonchev–Trinajstić information content (AvgIpc) is 2.99. The minimum atomic E-state index is -0.303. The van der Waals surface area contributed by atoms with E-state index in [1.165, 1.54) is 12.5 Å². The number of hydrogen-bond donors (Lipinski definition) is 1. The molecule has 0 unspecified atom stereocenters. The molecule has 5 heteroatoms. The molecule has 0 atom stereocenters.